The molecule has 1 aliphatic rings. The lowest BCUT2D eigenvalue weighted by Crippen LogP contribution is -2.33. The van der Waals surface area contributed by atoms with Crippen LogP contribution in [0.15, 0.2) is 22.7 Å². The predicted molar refractivity (Wildman–Crippen MR) is 87.1 cm³/mol. The smallest absolute Gasteiger partial charge is 0.243 e. The van der Waals surface area contributed by atoms with Crippen LogP contribution < -0.4 is 10.6 Å². The number of aryl methyl sites for hydroxylation is 1. The van der Waals surface area contributed by atoms with Crippen molar-refractivity contribution in [3.8, 4) is 0 Å². The van der Waals surface area contributed by atoms with Crippen molar-refractivity contribution >= 4 is 33.4 Å². The van der Waals surface area contributed by atoms with Crippen LogP contribution >= 0.6 is 15.9 Å². The van der Waals surface area contributed by atoms with E-state index in [1.54, 1.807) is 0 Å². The van der Waals surface area contributed by atoms with Crippen LogP contribution in [0, 0.1) is 12.8 Å². The Morgan fingerprint density at radius 2 is 1.95 bits per heavy atom. The monoisotopic (exact) mass is 352 g/mol. The first-order valence-corrected chi connectivity index (χ1v) is 8.16. The molecule has 2 N–H and O–H groups in total. The lowest BCUT2D eigenvalue weighted by atomic mass is 10.0. The van der Waals surface area contributed by atoms with Gasteiger partial charge in [-0.05, 0) is 49.4 Å². The lowest BCUT2D eigenvalue weighted by Gasteiger charge is -2.11. The van der Waals surface area contributed by atoms with E-state index in [0.29, 0.717) is 12.3 Å². The fraction of sp³-hybridized carbons (Fsp3) is 0.500. The van der Waals surface area contributed by atoms with Crippen molar-refractivity contribution in [2.24, 2.45) is 5.92 Å². The van der Waals surface area contributed by atoms with Crippen molar-refractivity contribution in [3.63, 3.8) is 0 Å². The molecule has 0 radical (unpaired) electrons. The minimum Gasteiger partial charge on any atom is -0.347 e. The first-order valence-electron chi connectivity index (χ1n) is 7.37. The van der Waals surface area contributed by atoms with E-state index in [1.165, 1.54) is 12.8 Å². The summed E-state index contributed by atoms with van der Waals surface area (Å²) < 4.78 is 0.975. The van der Waals surface area contributed by atoms with E-state index in [1.807, 2.05) is 25.1 Å². The van der Waals surface area contributed by atoms with E-state index in [-0.39, 0.29) is 18.4 Å². The molecule has 5 heteroatoms. The van der Waals surface area contributed by atoms with Crippen molar-refractivity contribution in [2.45, 2.75) is 39.0 Å². The molecule has 114 valence electrons. The Hall–Kier alpha value is -1.36. The number of halogens is 1. The number of carbonyl (C=O) groups excluding carboxylic acids is 2. The number of carbonyl (C=O) groups is 2. The molecule has 21 heavy (non-hydrogen) atoms. The molecule has 0 bridgehead atoms. The number of benzene rings is 1. The van der Waals surface area contributed by atoms with Gasteiger partial charge in [0.2, 0.25) is 11.8 Å². The molecule has 0 spiro atoms. The van der Waals surface area contributed by atoms with Crippen molar-refractivity contribution in [2.75, 3.05) is 11.9 Å². The van der Waals surface area contributed by atoms with Gasteiger partial charge in [0, 0.05) is 16.6 Å². The van der Waals surface area contributed by atoms with Gasteiger partial charge in [-0.1, -0.05) is 28.8 Å². The third kappa shape index (κ3) is 5.16. The van der Waals surface area contributed by atoms with Crippen LogP contribution in [-0.2, 0) is 9.59 Å². The first-order chi connectivity index (χ1) is 10.0. The largest absolute Gasteiger partial charge is 0.347 e. The zero-order valence-electron chi connectivity index (χ0n) is 12.2. The summed E-state index contributed by atoms with van der Waals surface area (Å²) in [5.41, 5.74) is 1.75. The molecule has 0 unspecified atom stereocenters. The number of anilines is 1. The molecular formula is C16H21BrN2O2. The molecule has 1 saturated carbocycles. The lowest BCUT2D eigenvalue weighted by molar-refractivity contribution is -0.124. The van der Waals surface area contributed by atoms with E-state index < -0.39 is 0 Å². The van der Waals surface area contributed by atoms with Gasteiger partial charge in [-0.2, -0.15) is 0 Å². The molecule has 2 amide bonds. The Morgan fingerprint density at radius 1 is 1.24 bits per heavy atom. The van der Waals surface area contributed by atoms with E-state index in [4.69, 9.17) is 0 Å². The zero-order chi connectivity index (χ0) is 15.2. The fourth-order valence-electron chi connectivity index (χ4n) is 2.69. The van der Waals surface area contributed by atoms with Crippen molar-refractivity contribution in [3.05, 3.63) is 28.2 Å². The third-order valence-corrected chi connectivity index (χ3v) is 4.35. The number of hydrogen-bond acceptors (Lipinski definition) is 2. The van der Waals surface area contributed by atoms with Gasteiger partial charge in [0.1, 0.15) is 0 Å². The molecule has 0 saturated heterocycles. The van der Waals surface area contributed by atoms with E-state index >= 15 is 0 Å². The quantitative estimate of drug-likeness (QED) is 0.853. The first kappa shape index (κ1) is 16.0. The van der Waals surface area contributed by atoms with Gasteiger partial charge in [-0.25, -0.2) is 0 Å². The summed E-state index contributed by atoms with van der Waals surface area (Å²) in [6, 6.07) is 5.66. The maximum Gasteiger partial charge on any atom is 0.243 e. The Labute approximate surface area is 133 Å². The molecule has 4 nitrogen and oxygen atoms in total. The number of hydrogen-bond donors (Lipinski definition) is 2. The molecule has 1 fully saturated rings. The van der Waals surface area contributed by atoms with E-state index in [9.17, 15) is 9.59 Å². The minimum absolute atomic E-state index is 0.0235. The van der Waals surface area contributed by atoms with Gasteiger partial charge in [-0.15, -0.1) is 0 Å². The van der Waals surface area contributed by atoms with Crippen LogP contribution in [0.25, 0.3) is 0 Å². The summed E-state index contributed by atoms with van der Waals surface area (Å²) in [5.74, 6) is 0.284. The van der Waals surface area contributed by atoms with Gasteiger partial charge in [0.25, 0.3) is 0 Å². The second-order valence-electron chi connectivity index (χ2n) is 5.64. The summed E-state index contributed by atoms with van der Waals surface area (Å²) in [5, 5.41) is 5.51. The summed E-state index contributed by atoms with van der Waals surface area (Å²) in [4.78, 5) is 23.6. The molecule has 0 atom stereocenters. The van der Waals surface area contributed by atoms with Crippen LogP contribution in [0.1, 0.15) is 37.7 Å². The van der Waals surface area contributed by atoms with Crippen molar-refractivity contribution in [1.82, 2.24) is 5.32 Å². The second kappa shape index (κ2) is 7.59. The highest BCUT2D eigenvalue weighted by atomic mass is 79.9. The molecule has 0 aliphatic heterocycles. The molecule has 1 aliphatic carbocycles. The van der Waals surface area contributed by atoms with Gasteiger partial charge >= 0.3 is 0 Å². The molecular weight excluding hydrogens is 332 g/mol. The Kier molecular flexibility index (Phi) is 5.79. The van der Waals surface area contributed by atoms with Gasteiger partial charge < -0.3 is 10.6 Å². The molecule has 2 rings (SSSR count). The normalized spacial score (nSPS) is 15.0. The highest BCUT2D eigenvalue weighted by molar-refractivity contribution is 9.10. The van der Waals surface area contributed by atoms with E-state index in [0.717, 1.165) is 28.6 Å². The highest BCUT2D eigenvalue weighted by Gasteiger charge is 2.18. The molecule has 0 aromatic heterocycles. The minimum atomic E-state index is -0.194. The van der Waals surface area contributed by atoms with Gasteiger partial charge in [-0.3, -0.25) is 9.59 Å². The number of nitrogens with one attached hydrogen (secondary N) is 2. The van der Waals surface area contributed by atoms with Gasteiger partial charge in [0.05, 0.1) is 6.54 Å². The van der Waals surface area contributed by atoms with Crippen LogP contribution in [0.2, 0.25) is 0 Å². The van der Waals surface area contributed by atoms with Crippen LogP contribution in [-0.4, -0.2) is 18.4 Å². The average Bonchev–Trinajstić information content (AvgIpc) is 2.92. The van der Waals surface area contributed by atoms with Crippen LogP contribution in [0.4, 0.5) is 5.69 Å². The Bertz CT molecular complexity index is 525. The second-order valence-corrected chi connectivity index (χ2v) is 6.55. The van der Waals surface area contributed by atoms with E-state index in [2.05, 4.69) is 26.6 Å². The predicted octanol–water partition coefficient (Wildman–Crippen LogP) is 3.39. The Morgan fingerprint density at radius 3 is 2.62 bits per heavy atom. The standard InChI is InChI=1S/C16H21BrN2O2/c1-11-8-13(17)6-7-14(11)19-16(21)10-18-15(20)9-12-4-2-3-5-12/h6-8,12H,2-5,9-10H2,1H3,(H,18,20)(H,19,21). The summed E-state index contributed by atoms with van der Waals surface area (Å²) in [7, 11) is 0. The summed E-state index contributed by atoms with van der Waals surface area (Å²) in [6.45, 7) is 1.96. The SMILES string of the molecule is Cc1cc(Br)ccc1NC(=O)CNC(=O)CC1CCCC1. The summed E-state index contributed by atoms with van der Waals surface area (Å²) >= 11 is 3.38. The number of amides is 2. The third-order valence-electron chi connectivity index (χ3n) is 3.86. The van der Waals surface area contributed by atoms with Gasteiger partial charge in [0.15, 0.2) is 0 Å². The van der Waals surface area contributed by atoms with Crippen LogP contribution in [0.5, 0.6) is 0 Å². The maximum absolute atomic E-state index is 11.9. The topological polar surface area (TPSA) is 58.2 Å². The summed E-state index contributed by atoms with van der Waals surface area (Å²) in [6.07, 6.45) is 5.27. The molecule has 0 heterocycles. The maximum atomic E-state index is 11.9. The van der Waals surface area contributed by atoms with Crippen LogP contribution in [0.3, 0.4) is 0 Å². The Balaban J connectivity index is 1.75. The van der Waals surface area contributed by atoms with Crippen molar-refractivity contribution in [1.29, 1.82) is 0 Å². The molecule has 1 aromatic carbocycles. The fourth-order valence-corrected chi connectivity index (χ4v) is 3.16. The van der Waals surface area contributed by atoms with Crippen molar-refractivity contribution < 1.29 is 9.59 Å². The highest BCUT2D eigenvalue weighted by Crippen LogP contribution is 2.27. The number of rotatable bonds is 5. The zero-order valence-corrected chi connectivity index (χ0v) is 13.8. The average molecular weight is 353 g/mol. The molecule has 1 aromatic rings.